The van der Waals surface area contributed by atoms with Crippen molar-refractivity contribution in [1.82, 2.24) is 5.16 Å². The van der Waals surface area contributed by atoms with Gasteiger partial charge >= 0.3 is 0 Å². The van der Waals surface area contributed by atoms with Crippen LogP contribution in [0.5, 0.6) is 0 Å². The van der Waals surface area contributed by atoms with Crippen molar-refractivity contribution in [2.75, 3.05) is 23.3 Å². The highest BCUT2D eigenvalue weighted by Crippen LogP contribution is 2.23. The zero-order valence-corrected chi connectivity index (χ0v) is 13.8. The number of aromatic nitrogens is 1. The van der Waals surface area contributed by atoms with Crippen LogP contribution in [0.3, 0.4) is 0 Å². The standard InChI is InChI=1S/C18H23N3O2/c1-3-16-17(13(2)23-20-16)18(22)19-14-7-9-15(10-8-14)21-11-5-4-6-12-21/h7-10H,3-6,11-12H2,1-2H3,(H,19,22). The highest BCUT2D eigenvalue weighted by atomic mass is 16.5. The summed E-state index contributed by atoms with van der Waals surface area (Å²) in [6.45, 7) is 5.96. The first-order valence-electron chi connectivity index (χ1n) is 8.30. The molecule has 5 heteroatoms. The second-order valence-corrected chi connectivity index (χ2v) is 5.96. The van der Waals surface area contributed by atoms with Crippen LogP contribution in [0, 0.1) is 6.92 Å². The number of nitrogens with one attached hydrogen (secondary N) is 1. The van der Waals surface area contributed by atoms with E-state index in [9.17, 15) is 4.79 Å². The summed E-state index contributed by atoms with van der Waals surface area (Å²) in [7, 11) is 0. The van der Waals surface area contributed by atoms with Crippen LogP contribution in [0.25, 0.3) is 0 Å². The SMILES string of the molecule is CCc1noc(C)c1C(=O)Nc1ccc(N2CCCCC2)cc1. The van der Waals surface area contributed by atoms with Gasteiger partial charge in [-0.15, -0.1) is 0 Å². The summed E-state index contributed by atoms with van der Waals surface area (Å²) < 4.78 is 5.13. The van der Waals surface area contributed by atoms with Crippen LogP contribution in [0.15, 0.2) is 28.8 Å². The van der Waals surface area contributed by atoms with Crippen molar-refractivity contribution in [2.24, 2.45) is 0 Å². The zero-order chi connectivity index (χ0) is 16.2. The number of carbonyl (C=O) groups is 1. The molecule has 1 aromatic heterocycles. The summed E-state index contributed by atoms with van der Waals surface area (Å²) in [6, 6.07) is 8.05. The molecule has 0 bridgehead atoms. The largest absolute Gasteiger partial charge is 0.372 e. The molecule has 3 rings (SSSR count). The minimum atomic E-state index is -0.161. The highest BCUT2D eigenvalue weighted by Gasteiger charge is 2.19. The molecule has 0 atom stereocenters. The molecule has 2 heterocycles. The first-order valence-corrected chi connectivity index (χ1v) is 8.30. The van der Waals surface area contributed by atoms with Crippen molar-refractivity contribution in [3.05, 3.63) is 41.3 Å². The Balaban J connectivity index is 1.70. The molecule has 0 unspecified atom stereocenters. The van der Waals surface area contributed by atoms with Gasteiger partial charge in [0.25, 0.3) is 5.91 Å². The molecule has 0 spiro atoms. The summed E-state index contributed by atoms with van der Waals surface area (Å²) in [5, 5.41) is 6.86. The quantitative estimate of drug-likeness (QED) is 0.933. The zero-order valence-electron chi connectivity index (χ0n) is 13.8. The normalized spacial score (nSPS) is 14.8. The van der Waals surface area contributed by atoms with Crippen molar-refractivity contribution in [2.45, 2.75) is 39.5 Å². The molecule has 1 fully saturated rings. The third-order valence-corrected chi connectivity index (χ3v) is 4.34. The number of hydrogen-bond donors (Lipinski definition) is 1. The Hall–Kier alpha value is -2.30. The highest BCUT2D eigenvalue weighted by molar-refractivity contribution is 6.05. The first-order chi connectivity index (χ1) is 11.2. The van der Waals surface area contributed by atoms with E-state index in [1.54, 1.807) is 6.92 Å². The lowest BCUT2D eigenvalue weighted by Gasteiger charge is -2.28. The third kappa shape index (κ3) is 3.38. The number of piperidine rings is 1. The van der Waals surface area contributed by atoms with E-state index in [1.807, 2.05) is 19.1 Å². The second-order valence-electron chi connectivity index (χ2n) is 5.96. The minimum Gasteiger partial charge on any atom is -0.372 e. The fourth-order valence-corrected chi connectivity index (χ4v) is 3.05. The van der Waals surface area contributed by atoms with Gasteiger partial charge in [0.1, 0.15) is 11.3 Å². The van der Waals surface area contributed by atoms with E-state index in [1.165, 1.54) is 24.9 Å². The van der Waals surface area contributed by atoms with Gasteiger partial charge in [-0.3, -0.25) is 4.79 Å². The van der Waals surface area contributed by atoms with Crippen LogP contribution in [0.1, 0.15) is 48.0 Å². The fraction of sp³-hybridized carbons (Fsp3) is 0.444. The van der Waals surface area contributed by atoms with E-state index >= 15 is 0 Å². The number of anilines is 2. The topological polar surface area (TPSA) is 58.4 Å². The van der Waals surface area contributed by atoms with Crippen molar-refractivity contribution in [3.63, 3.8) is 0 Å². The lowest BCUT2D eigenvalue weighted by Crippen LogP contribution is -2.29. The average molecular weight is 313 g/mol. The average Bonchev–Trinajstić information content (AvgIpc) is 2.97. The monoisotopic (exact) mass is 313 g/mol. The summed E-state index contributed by atoms with van der Waals surface area (Å²) in [5.74, 6) is 0.399. The van der Waals surface area contributed by atoms with Crippen molar-refractivity contribution in [3.8, 4) is 0 Å². The van der Waals surface area contributed by atoms with Crippen LogP contribution < -0.4 is 10.2 Å². The lowest BCUT2D eigenvalue weighted by molar-refractivity contribution is 0.102. The van der Waals surface area contributed by atoms with E-state index in [4.69, 9.17) is 4.52 Å². The van der Waals surface area contributed by atoms with E-state index < -0.39 is 0 Å². The van der Waals surface area contributed by atoms with Gasteiger partial charge in [-0.05, 0) is 56.9 Å². The van der Waals surface area contributed by atoms with Gasteiger partial charge in [0, 0.05) is 24.5 Å². The molecule has 1 aliphatic rings. The molecule has 23 heavy (non-hydrogen) atoms. The molecule has 1 N–H and O–H groups in total. The lowest BCUT2D eigenvalue weighted by atomic mass is 10.1. The Labute approximate surface area is 136 Å². The molecule has 122 valence electrons. The molecular formula is C18H23N3O2. The summed E-state index contributed by atoms with van der Waals surface area (Å²) >= 11 is 0. The van der Waals surface area contributed by atoms with Gasteiger partial charge in [-0.2, -0.15) is 0 Å². The Morgan fingerprint density at radius 1 is 1.22 bits per heavy atom. The van der Waals surface area contributed by atoms with Crippen molar-refractivity contribution in [1.29, 1.82) is 0 Å². The molecule has 1 aromatic carbocycles. The summed E-state index contributed by atoms with van der Waals surface area (Å²) in [5.41, 5.74) is 3.26. The molecule has 2 aromatic rings. The maximum atomic E-state index is 12.4. The summed E-state index contributed by atoms with van der Waals surface area (Å²) in [4.78, 5) is 14.8. The third-order valence-electron chi connectivity index (χ3n) is 4.34. The van der Waals surface area contributed by atoms with E-state index in [-0.39, 0.29) is 5.91 Å². The number of aryl methyl sites for hydroxylation is 2. The maximum absolute atomic E-state index is 12.4. The number of amides is 1. The van der Waals surface area contributed by atoms with Crippen LogP contribution in [0.2, 0.25) is 0 Å². The van der Waals surface area contributed by atoms with Gasteiger partial charge in [-0.1, -0.05) is 12.1 Å². The van der Waals surface area contributed by atoms with Crippen molar-refractivity contribution < 1.29 is 9.32 Å². The van der Waals surface area contributed by atoms with Crippen LogP contribution in [-0.4, -0.2) is 24.2 Å². The second kappa shape index (κ2) is 6.86. The number of benzene rings is 1. The van der Waals surface area contributed by atoms with E-state index in [2.05, 4.69) is 27.5 Å². The summed E-state index contributed by atoms with van der Waals surface area (Å²) in [6.07, 6.45) is 4.51. The fourth-order valence-electron chi connectivity index (χ4n) is 3.05. The van der Waals surface area contributed by atoms with E-state index in [0.29, 0.717) is 23.4 Å². The molecule has 1 amide bonds. The van der Waals surface area contributed by atoms with Gasteiger partial charge in [0.05, 0.1) is 5.69 Å². The van der Waals surface area contributed by atoms with Crippen molar-refractivity contribution >= 4 is 17.3 Å². The minimum absolute atomic E-state index is 0.161. The Morgan fingerprint density at radius 3 is 2.57 bits per heavy atom. The van der Waals surface area contributed by atoms with Crippen LogP contribution in [0.4, 0.5) is 11.4 Å². The smallest absolute Gasteiger partial charge is 0.261 e. The number of carbonyl (C=O) groups excluding carboxylic acids is 1. The molecule has 0 aliphatic carbocycles. The van der Waals surface area contributed by atoms with Gasteiger partial charge in [0.15, 0.2) is 0 Å². The maximum Gasteiger partial charge on any atom is 0.261 e. The molecule has 1 aliphatic heterocycles. The van der Waals surface area contributed by atoms with Crippen LogP contribution in [-0.2, 0) is 6.42 Å². The number of hydrogen-bond acceptors (Lipinski definition) is 4. The predicted octanol–water partition coefficient (Wildman–Crippen LogP) is 3.79. The molecular weight excluding hydrogens is 290 g/mol. The molecule has 0 radical (unpaired) electrons. The predicted molar refractivity (Wildman–Crippen MR) is 91.1 cm³/mol. The molecule has 1 saturated heterocycles. The van der Waals surface area contributed by atoms with Crippen LogP contribution >= 0.6 is 0 Å². The van der Waals surface area contributed by atoms with Gasteiger partial charge < -0.3 is 14.7 Å². The Bertz CT molecular complexity index is 670. The first kappa shape index (κ1) is 15.6. The number of nitrogens with zero attached hydrogens (tertiary/aromatic N) is 2. The van der Waals surface area contributed by atoms with Gasteiger partial charge in [0.2, 0.25) is 0 Å². The van der Waals surface area contributed by atoms with Gasteiger partial charge in [-0.25, -0.2) is 0 Å². The Kier molecular flexibility index (Phi) is 4.65. The van der Waals surface area contributed by atoms with E-state index in [0.717, 1.165) is 18.8 Å². The molecule has 0 saturated carbocycles. The number of rotatable bonds is 4. The Morgan fingerprint density at radius 2 is 1.91 bits per heavy atom. The molecule has 5 nitrogen and oxygen atoms in total.